The van der Waals surface area contributed by atoms with Crippen LogP contribution in [-0.2, 0) is 17.7 Å². The molecule has 35 heavy (non-hydrogen) atoms. The third-order valence-corrected chi connectivity index (χ3v) is 7.10. The summed E-state index contributed by atoms with van der Waals surface area (Å²) in [6, 6.07) is 12.1. The Kier molecular flexibility index (Phi) is 7.42. The fraction of sp³-hybridized carbons (Fsp3) is 0.464. The number of benzene rings is 1. The Morgan fingerprint density at radius 1 is 0.886 bits per heavy atom. The van der Waals surface area contributed by atoms with Crippen molar-refractivity contribution in [2.24, 2.45) is 0 Å². The van der Waals surface area contributed by atoms with Crippen molar-refractivity contribution in [3.05, 3.63) is 65.5 Å². The summed E-state index contributed by atoms with van der Waals surface area (Å²) in [5, 5.41) is 0. The number of unbranched alkanes of at least 4 members (excludes halogenated alkanes) is 1. The number of aryl methyl sites for hydroxylation is 2. The lowest BCUT2D eigenvalue weighted by molar-refractivity contribution is 0.0304. The van der Waals surface area contributed by atoms with Gasteiger partial charge in [-0.15, -0.1) is 0 Å². The Balaban J connectivity index is 1.21. The zero-order valence-electron chi connectivity index (χ0n) is 20.3. The van der Waals surface area contributed by atoms with Crippen LogP contribution in [0.15, 0.2) is 48.8 Å². The Hall–Kier alpha value is -3.19. The Labute approximate surface area is 206 Å². The maximum Gasteiger partial charge on any atom is 0.257 e. The van der Waals surface area contributed by atoms with Crippen LogP contribution in [0.4, 0.5) is 0 Å². The molecule has 1 aromatic carbocycles. The van der Waals surface area contributed by atoms with Crippen molar-refractivity contribution in [2.75, 3.05) is 39.4 Å². The van der Waals surface area contributed by atoms with Crippen LogP contribution in [0, 0.1) is 0 Å². The highest BCUT2D eigenvalue weighted by Gasteiger charge is 2.23. The molecule has 2 fully saturated rings. The second-order valence-electron chi connectivity index (χ2n) is 9.52. The Bertz CT molecular complexity index is 1180. The number of nitrogens with zero attached hydrogens (tertiary/aromatic N) is 4. The highest BCUT2D eigenvalue weighted by molar-refractivity contribution is 6.05. The number of carbonyl (C=O) groups is 2. The molecule has 0 unspecified atom stereocenters. The van der Waals surface area contributed by atoms with E-state index in [2.05, 4.69) is 21.7 Å². The van der Waals surface area contributed by atoms with Gasteiger partial charge in [0.1, 0.15) is 5.52 Å². The average molecular weight is 475 g/mol. The van der Waals surface area contributed by atoms with Gasteiger partial charge in [0.15, 0.2) is 0 Å². The second-order valence-corrected chi connectivity index (χ2v) is 9.52. The number of carbonyl (C=O) groups excluding carboxylic acids is 2. The summed E-state index contributed by atoms with van der Waals surface area (Å²) >= 11 is 0. The predicted molar refractivity (Wildman–Crippen MR) is 136 cm³/mol. The summed E-state index contributed by atoms with van der Waals surface area (Å²) in [5.41, 5.74) is 4.45. The molecule has 2 aliphatic heterocycles. The lowest BCUT2D eigenvalue weighted by Crippen LogP contribution is -2.40. The van der Waals surface area contributed by atoms with Crippen LogP contribution in [0.1, 0.15) is 58.4 Å². The molecule has 4 heterocycles. The van der Waals surface area contributed by atoms with E-state index >= 15 is 0 Å². The second kappa shape index (κ2) is 11.0. The van der Waals surface area contributed by atoms with Crippen LogP contribution in [0.2, 0.25) is 0 Å². The minimum Gasteiger partial charge on any atom is -0.378 e. The summed E-state index contributed by atoms with van der Waals surface area (Å²) in [4.78, 5) is 34.3. The lowest BCUT2D eigenvalue weighted by Gasteiger charge is -2.26. The average Bonchev–Trinajstić information content (AvgIpc) is 3.30. The van der Waals surface area contributed by atoms with E-state index in [0.29, 0.717) is 31.9 Å². The van der Waals surface area contributed by atoms with E-state index in [-0.39, 0.29) is 11.8 Å². The third-order valence-electron chi connectivity index (χ3n) is 7.10. The van der Waals surface area contributed by atoms with Crippen LogP contribution in [0.5, 0.6) is 0 Å². The molecule has 2 amide bonds. The zero-order chi connectivity index (χ0) is 24.0. The van der Waals surface area contributed by atoms with E-state index in [4.69, 9.17) is 4.74 Å². The largest absolute Gasteiger partial charge is 0.378 e. The summed E-state index contributed by atoms with van der Waals surface area (Å²) < 4.78 is 7.55. The molecule has 0 spiro atoms. The fourth-order valence-electron chi connectivity index (χ4n) is 5.15. The fourth-order valence-corrected chi connectivity index (χ4v) is 5.15. The molecule has 2 aliphatic rings. The minimum atomic E-state index is 0.0333. The minimum absolute atomic E-state index is 0.0333. The van der Waals surface area contributed by atoms with E-state index in [0.717, 1.165) is 68.3 Å². The van der Waals surface area contributed by atoms with Crippen molar-refractivity contribution in [3.63, 3.8) is 0 Å². The number of hydrogen-bond donors (Lipinski definition) is 0. The highest BCUT2D eigenvalue weighted by Crippen LogP contribution is 2.22. The van der Waals surface area contributed by atoms with Crippen molar-refractivity contribution < 1.29 is 14.3 Å². The third kappa shape index (κ3) is 5.40. The smallest absolute Gasteiger partial charge is 0.257 e. The van der Waals surface area contributed by atoms with Crippen molar-refractivity contribution in [2.45, 2.75) is 45.1 Å². The van der Waals surface area contributed by atoms with Crippen molar-refractivity contribution in [3.8, 4) is 0 Å². The number of ether oxygens (including phenoxy) is 1. The normalized spacial score (nSPS) is 16.6. The number of morpholine rings is 1. The number of fused-ring (bicyclic) bond motifs is 1. The van der Waals surface area contributed by atoms with E-state index < -0.39 is 0 Å². The lowest BCUT2D eigenvalue weighted by atomic mass is 10.0. The Morgan fingerprint density at radius 2 is 1.69 bits per heavy atom. The molecule has 3 aromatic rings. The first-order valence-corrected chi connectivity index (χ1v) is 12.9. The van der Waals surface area contributed by atoms with Crippen molar-refractivity contribution in [1.82, 2.24) is 19.4 Å². The first kappa shape index (κ1) is 23.5. The molecule has 2 aromatic heterocycles. The summed E-state index contributed by atoms with van der Waals surface area (Å²) in [7, 11) is 0. The number of piperidine rings is 1. The first-order valence-electron chi connectivity index (χ1n) is 12.9. The van der Waals surface area contributed by atoms with Crippen LogP contribution in [0.3, 0.4) is 0 Å². The van der Waals surface area contributed by atoms with Gasteiger partial charge in [-0.1, -0.05) is 12.1 Å². The quantitative estimate of drug-likeness (QED) is 0.483. The summed E-state index contributed by atoms with van der Waals surface area (Å²) in [5.74, 6) is 0.196. The number of aromatic nitrogens is 2. The highest BCUT2D eigenvalue weighted by atomic mass is 16.5. The molecule has 7 heteroatoms. The van der Waals surface area contributed by atoms with Gasteiger partial charge in [0.25, 0.3) is 11.8 Å². The molecule has 0 radical (unpaired) electrons. The SMILES string of the molecule is O=C(c1cccc(CCCCn2cc(C(=O)N3CCOCC3)c3ncccc32)c1)N1CCCCC1. The molecule has 7 nitrogen and oxygen atoms in total. The van der Waals surface area contributed by atoms with E-state index in [1.54, 1.807) is 6.20 Å². The molecule has 0 aliphatic carbocycles. The van der Waals surface area contributed by atoms with Crippen LogP contribution < -0.4 is 0 Å². The standard InChI is InChI=1S/C28H34N4O3/c33-27(30-13-3-1-4-14-30)23-10-6-9-22(20-23)8-2-5-15-32-21-24(26-25(32)11-7-12-29-26)28(34)31-16-18-35-19-17-31/h6-7,9-12,20-21H,1-5,8,13-19H2. The summed E-state index contributed by atoms with van der Waals surface area (Å²) in [6.45, 7) is 4.99. The van der Waals surface area contributed by atoms with Gasteiger partial charge in [-0.3, -0.25) is 14.6 Å². The van der Waals surface area contributed by atoms with Gasteiger partial charge >= 0.3 is 0 Å². The van der Waals surface area contributed by atoms with E-state index in [1.807, 2.05) is 40.3 Å². The molecular weight excluding hydrogens is 440 g/mol. The van der Waals surface area contributed by atoms with Crippen LogP contribution in [0.25, 0.3) is 11.0 Å². The van der Waals surface area contributed by atoms with Gasteiger partial charge in [-0.25, -0.2) is 0 Å². The monoisotopic (exact) mass is 474 g/mol. The molecule has 2 saturated heterocycles. The van der Waals surface area contributed by atoms with Crippen molar-refractivity contribution in [1.29, 1.82) is 0 Å². The van der Waals surface area contributed by atoms with E-state index in [1.165, 1.54) is 12.0 Å². The number of amides is 2. The molecule has 5 rings (SSSR count). The van der Waals surface area contributed by atoms with Crippen LogP contribution in [-0.4, -0.2) is 70.6 Å². The van der Waals surface area contributed by atoms with Gasteiger partial charge in [0.2, 0.25) is 0 Å². The molecule has 0 N–H and O–H groups in total. The predicted octanol–water partition coefficient (Wildman–Crippen LogP) is 4.16. The van der Waals surface area contributed by atoms with Crippen molar-refractivity contribution >= 4 is 22.8 Å². The van der Waals surface area contributed by atoms with Gasteiger partial charge in [-0.2, -0.15) is 0 Å². The number of likely N-dealkylation sites (tertiary alicyclic amines) is 1. The topological polar surface area (TPSA) is 67.7 Å². The van der Waals surface area contributed by atoms with Gasteiger partial charge in [0, 0.05) is 50.7 Å². The molecular formula is C28H34N4O3. The maximum absolute atomic E-state index is 13.1. The molecule has 0 saturated carbocycles. The number of hydrogen-bond acceptors (Lipinski definition) is 4. The van der Waals surface area contributed by atoms with E-state index in [9.17, 15) is 9.59 Å². The first-order chi connectivity index (χ1) is 17.2. The molecule has 184 valence electrons. The van der Waals surface area contributed by atoms with Gasteiger partial charge in [-0.05, 0) is 68.4 Å². The number of pyridine rings is 1. The van der Waals surface area contributed by atoms with Crippen LogP contribution >= 0.6 is 0 Å². The Morgan fingerprint density at radius 3 is 2.51 bits per heavy atom. The summed E-state index contributed by atoms with van der Waals surface area (Å²) in [6.07, 6.45) is 10.1. The molecule has 0 bridgehead atoms. The number of rotatable bonds is 7. The van der Waals surface area contributed by atoms with Gasteiger partial charge < -0.3 is 19.1 Å². The van der Waals surface area contributed by atoms with Gasteiger partial charge in [0.05, 0.1) is 24.3 Å². The maximum atomic E-state index is 13.1. The molecule has 0 atom stereocenters. The zero-order valence-corrected chi connectivity index (χ0v) is 20.3.